The van der Waals surface area contributed by atoms with Crippen molar-refractivity contribution in [2.24, 2.45) is 0 Å². The summed E-state index contributed by atoms with van der Waals surface area (Å²) in [4.78, 5) is 1.39. The number of rotatable bonds is 7. The molecule has 0 saturated heterocycles. The molecule has 1 aromatic heterocycles. The van der Waals surface area contributed by atoms with Crippen LogP contribution in [0.1, 0.15) is 28.1 Å². The molecule has 5 nitrogen and oxygen atoms in total. The first-order chi connectivity index (χ1) is 14.2. The molecule has 0 saturated carbocycles. The number of aryl methyl sites for hydroxylation is 2. The second-order valence-corrected chi connectivity index (χ2v) is 7.50. The SMILES string of the molecule is Cc1cccc(C)c1-n1nnnc1C[NH+](Cc1ccccc1)Cc1ccccc1. The van der Waals surface area contributed by atoms with Crippen LogP contribution in [0, 0.1) is 13.8 Å². The number of nitrogens with zero attached hydrogens (tertiary/aromatic N) is 4. The summed E-state index contributed by atoms with van der Waals surface area (Å²) in [5.41, 5.74) is 6.04. The number of aromatic nitrogens is 4. The number of nitrogens with one attached hydrogen (secondary N) is 1. The Labute approximate surface area is 171 Å². The second-order valence-electron chi connectivity index (χ2n) is 7.50. The zero-order valence-corrected chi connectivity index (χ0v) is 16.9. The molecular weight excluding hydrogens is 358 g/mol. The molecule has 0 radical (unpaired) electrons. The molecule has 4 aromatic rings. The van der Waals surface area contributed by atoms with Gasteiger partial charge in [-0.25, -0.2) is 0 Å². The molecule has 3 aromatic carbocycles. The number of benzene rings is 3. The largest absolute Gasteiger partial charge is 0.321 e. The van der Waals surface area contributed by atoms with Crippen LogP contribution in [0.5, 0.6) is 0 Å². The molecule has 0 aliphatic carbocycles. The van der Waals surface area contributed by atoms with Crippen LogP contribution in [-0.2, 0) is 19.6 Å². The predicted octanol–water partition coefficient (Wildman–Crippen LogP) is 3.06. The fraction of sp³-hybridized carbons (Fsp3) is 0.208. The molecule has 146 valence electrons. The molecule has 0 atom stereocenters. The summed E-state index contributed by atoms with van der Waals surface area (Å²) in [6, 6.07) is 27.5. The van der Waals surface area contributed by atoms with Crippen molar-refractivity contribution in [2.75, 3.05) is 0 Å². The quantitative estimate of drug-likeness (QED) is 0.533. The molecule has 5 heteroatoms. The topological polar surface area (TPSA) is 48.0 Å². The lowest BCUT2D eigenvalue weighted by atomic mass is 10.1. The minimum absolute atomic E-state index is 0.741. The predicted molar refractivity (Wildman–Crippen MR) is 114 cm³/mol. The minimum atomic E-state index is 0.741. The maximum atomic E-state index is 4.38. The van der Waals surface area contributed by atoms with Crippen LogP contribution in [0.25, 0.3) is 5.69 Å². The molecule has 1 N–H and O–H groups in total. The smallest absolute Gasteiger partial charge is 0.211 e. The average molecular weight is 385 g/mol. The highest BCUT2D eigenvalue weighted by Gasteiger charge is 2.19. The monoisotopic (exact) mass is 384 g/mol. The van der Waals surface area contributed by atoms with E-state index in [2.05, 4.69) is 108 Å². The zero-order valence-electron chi connectivity index (χ0n) is 16.9. The first-order valence-electron chi connectivity index (χ1n) is 9.96. The summed E-state index contributed by atoms with van der Waals surface area (Å²) >= 11 is 0. The van der Waals surface area contributed by atoms with Gasteiger partial charge >= 0.3 is 0 Å². The van der Waals surface area contributed by atoms with Crippen molar-refractivity contribution in [3.8, 4) is 5.69 Å². The lowest BCUT2D eigenvalue weighted by Crippen LogP contribution is -3.08. The van der Waals surface area contributed by atoms with Crippen LogP contribution >= 0.6 is 0 Å². The fourth-order valence-electron chi connectivity index (χ4n) is 3.81. The van der Waals surface area contributed by atoms with Crippen molar-refractivity contribution >= 4 is 0 Å². The van der Waals surface area contributed by atoms with E-state index >= 15 is 0 Å². The Kier molecular flexibility index (Phi) is 5.77. The Morgan fingerprint density at radius 2 is 1.24 bits per heavy atom. The van der Waals surface area contributed by atoms with Gasteiger partial charge in [0.2, 0.25) is 5.82 Å². The zero-order chi connectivity index (χ0) is 20.1. The summed E-state index contributed by atoms with van der Waals surface area (Å²) < 4.78 is 1.90. The fourth-order valence-corrected chi connectivity index (χ4v) is 3.81. The van der Waals surface area contributed by atoms with Gasteiger partial charge in [-0.15, -0.1) is 5.10 Å². The molecule has 29 heavy (non-hydrogen) atoms. The molecular formula is C24H26N5+. The van der Waals surface area contributed by atoms with Gasteiger partial charge in [0.05, 0.1) is 5.69 Å². The van der Waals surface area contributed by atoms with Crippen molar-refractivity contribution in [1.82, 2.24) is 20.2 Å². The summed E-state index contributed by atoms with van der Waals surface area (Å²) in [5, 5.41) is 12.7. The lowest BCUT2D eigenvalue weighted by molar-refractivity contribution is -0.941. The molecule has 0 aliphatic heterocycles. The van der Waals surface area contributed by atoms with Crippen molar-refractivity contribution in [2.45, 2.75) is 33.5 Å². The molecule has 0 unspecified atom stereocenters. The van der Waals surface area contributed by atoms with E-state index in [4.69, 9.17) is 0 Å². The van der Waals surface area contributed by atoms with Crippen molar-refractivity contribution in [3.63, 3.8) is 0 Å². The first kappa shape index (κ1) is 19.0. The molecule has 4 rings (SSSR count). The van der Waals surface area contributed by atoms with Crippen molar-refractivity contribution in [1.29, 1.82) is 0 Å². The number of hydrogen-bond acceptors (Lipinski definition) is 3. The summed E-state index contributed by atoms with van der Waals surface area (Å²) in [5.74, 6) is 0.879. The first-order valence-corrected chi connectivity index (χ1v) is 9.96. The van der Waals surface area contributed by atoms with Gasteiger partial charge < -0.3 is 4.90 Å². The Hall–Kier alpha value is -3.31. The number of hydrogen-bond donors (Lipinski definition) is 1. The van der Waals surface area contributed by atoms with E-state index < -0.39 is 0 Å². The highest BCUT2D eigenvalue weighted by atomic mass is 15.5. The van der Waals surface area contributed by atoms with Crippen LogP contribution < -0.4 is 4.90 Å². The average Bonchev–Trinajstić information content (AvgIpc) is 3.17. The third-order valence-electron chi connectivity index (χ3n) is 5.19. The Bertz CT molecular complexity index is 995. The van der Waals surface area contributed by atoms with E-state index in [-0.39, 0.29) is 0 Å². The van der Waals surface area contributed by atoms with E-state index in [1.165, 1.54) is 27.2 Å². The summed E-state index contributed by atoms with van der Waals surface area (Å²) in [7, 11) is 0. The molecule has 0 amide bonds. The van der Waals surface area contributed by atoms with E-state index in [0.717, 1.165) is 31.1 Å². The molecule has 0 aliphatic rings. The standard InChI is InChI=1S/C24H25N5/c1-19-10-9-11-20(2)24(19)29-23(25-26-27-29)18-28(16-21-12-5-3-6-13-21)17-22-14-7-4-8-15-22/h3-15H,16-18H2,1-2H3/p+1. The molecule has 0 spiro atoms. The van der Waals surface area contributed by atoms with Gasteiger partial charge in [0.1, 0.15) is 19.6 Å². The van der Waals surface area contributed by atoms with Gasteiger partial charge in [-0.2, -0.15) is 4.68 Å². The Morgan fingerprint density at radius 1 is 0.690 bits per heavy atom. The van der Waals surface area contributed by atoms with Crippen LogP contribution in [0.3, 0.4) is 0 Å². The van der Waals surface area contributed by atoms with Gasteiger partial charge in [-0.05, 0) is 35.4 Å². The van der Waals surface area contributed by atoms with Crippen LogP contribution in [-0.4, -0.2) is 20.2 Å². The molecule has 0 bridgehead atoms. The van der Waals surface area contributed by atoms with E-state index in [1.54, 1.807) is 0 Å². The van der Waals surface area contributed by atoms with Gasteiger partial charge in [-0.3, -0.25) is 0 Å². The van der Waals surface area contributed by atoms with Gasteiger partial charge in [0, 0.05) is 11.1 Å². The normalized spacial score (nSPS) is 11.1. The lowest BCUT2D eigenvalue weighted by Gasteiger charge is -2.20. The highest BCUT2D eigenvalue weighted by Crippen LogP contribution is 2.18. The van der Waals surface area contributed by atoms with Crippen LogP contribution in [0.4, 0.5) is 0 Å². The molecule has 1 heterocycles. The number of quaternary nitrogens is 1. The van der Waals surface area contributed by atoms with Crippen molar-refractivity contribution < 1.29 is 4.90 Å². The maximum absolute atomic E-state index is 4.38. The van der Waals surface area contributed by atoms with E-state index in [0.29, 0.717) is 0 Å². The maximum Gasteiger partial charge on any atom is 0.211 e. The number of tetrazole rings is 1. The Morgan fingerprint density at radius 3 is 1.79 bits per heavy atom. The summed E-state index contributed by atoms with van der Waals surface area (Å²) in [6.45, 7) is 6.77. The summed E-state index contributed by atoms with van der Waals surface area (Å²) in [6.07, 6.45) is 0. The molecule has 0 fully saturated rings. The third-order valence-corrected chi connectivity index (χ3v) is 5.19. The van der Waals surface area contributed by atoms with Gasteiger partial charge in [0.15, 0.2) is 0 Å². The van der Waals surface area contributed by atoms with E-state index in [1.807, 2.05) is 4.68 Å². The van der Waals surface area contributed by atoms with Crippen LogP contribution in [0.15, 0.2) is 78.9 Å². The Balaban J connectivity index is 1.64. The highest BCUT2D eigenvalue weighted by molar-refractivity contribution is 5.46. The third kappa shape index (κ3) is 4.58. The van der Waals surface area contributed by atoms with E-state index in [9.17, 15) is 0 Å². The number of para-hydroxylation sites is 1. The van der Waals surface area contributed by atoms with Gasteiger partial charge in [0.25, 0.3) is 0 Å². The van der Waals surface area contributed by atoms with Gasteiger partial charge in [-0.1, -0.05) is 78.9 Å². The van der Waals surface area contributed by atoms with Crippen LogP contribution in [0.2, 0.25) is 0 Å². The second kappa shape index (κ2) is 8.80. The minimum Gasteiger partial charge on any atom is -0.321 e. The van der Waals surface area contributed by atoms with Crippen molar-refractivity contribution in [3.05, 3.63) is 107 Å².